The van der Waals surface area contributed by atoms with Crippen molar-refractivity contribution in [2.24, 2.45) is 5.73 Å². The number of imide groups is 1. The summed E-state index contributed by atoms with van der Waals surface area (Å²) < 4.78 is 5.33. The Morgan fingerprint density at radius 1 is 1.19 bits per heavy atom. The molecule has 0 aliphatic carbocycles. The van der Waals surface area contributed by atoms with Crippen LogP contribution >= 0.6 is 11.8 Å². The first-order chi connectivity index (χ1) is 12.9. The molecule has 0 spiro atoms. The van der Waals surface area contributed by atoms with Gasteiger partial charge in [-0.05, 0) is 25.4 Å². The van der Waals surface area contributed by atoms with Crippen LogP contribution in [0.1, 0.15) is 25.0 Å². The summed E-state index contributed by atoms with van der Waals surface area (Å²) >= 11 is 1.48. The van der Waals surface area contributed by atoms with Gasteiger partial charge in [-0.2, -0.15) is 11.8 Å². The van der Waals surface area contributed by atoms with Gasteiger partial charge in [-0.3, -0.25) is 10.1 Å². The fourth-order valence-electron chi connectivity index (χ4n) is 2.14. The predicted octanol–water partition coefficient (Wildman–Crippen LogP) is 0.907. The maximum absolute atomic E-state index is 12.5. The molecular formula is C17H24N4O5S. The first kappa shape index (κ1) is 22.3. The van der Waals surface area contributed by atoms with Crippen molar-refractivity contribution in [1.82, 2.24) is 16.0 Å². The number of hydrogen-bond donors (Lipinski definition) is 4. The summed E-state index contributed by atoms with van der Waals surface area (Å²) in [5.41, 5.74) is 5.49. The van der Waals surface area contributed by atoms with Gasteiger partial charge in [0.2, 0.25) is 6.10 Å². The van der Waals surface area contributed by atoms with Crippen LogP contribution in [-0.2, 0) is 14.3 Å². The summed E-state index contributed by atoms with van der Waals surface area (Å²) in [6, 6.07) is 5.68. The van der Waals surface area contributed by atoms with Crippen molar-refractivity contribution in [2.45, 2.75) is 25.5 Å². The number of nitrogens with two attached hydrogens (primary N) is 1. The standard InChI is InChI=1S/C17H24N4O5S/c1-3-19-17(25)21-14(22)13(11-7-5-4-6-8-11)26-15(23)12(9-10-27-2)20-16(18)24/h4-8,12-13H,3,9-10H2,1-2H3,(H3,18,20,24)(H2,19,21,22,25)/t12-,13+/m0/s1. The van der Waals surface area contributed by atoms with E-state index in [1.54, 1.807) is 37.3 Å². The number of carbonyl (C=O) groups excluding carboxylic acids is 4. The summed E-state index contributed by atoms with van der Waals surface area (Å²) in [5.74, 6) is -1.05. The molecule has 0 heterocycles. The number of rotatable bonds is 9. The van der Waals surface area contributed by atoms with Gasteiger partial charge in [0.05, 0.1) is 0 Å². The summed E-state index contributed by atoms with van der Waals surface area (Å²) in [4.78, 5) is 47.7. The molecule has 0 aliphatic heterocycles. The molecule has 5 amide bonds. The lowest BCUT2D eigenvalue weighted by molar-refractivity contribution is -0.158. The van der Waals surface area contributed by atoms with Crippen LogP contribution in [0, 0.1) is 0 Å². The minimum absolute atomic E-state index is 0.280. The highest BCUT2D eigenvalue weighted by Gasteiger charge is 2.30. The third-order valence-corrected chi connectivity index (χ3v) is 4.00. The van der Waals surface area contributed by atoms with Crippen molar-refractivity contribution in [3.8, 4) is 0 Å². The van der Waals surface area contributed by atoms with Crippen LogP contribution in [0.15, 0.2) is 30.3 Å². The Bertz CT molecular complexity index is 656. The Kier molecular flexibility index (Phi) is 9.73. The number of carbonyl (C=O) groups is 4. The van der Waals surface area contributed by atoms with E-state index in [2.05, 4.69) is 16.0 Å². The van der Waals surface area contributed by atoms with Gasteiger partial charge >= 0.3 is 18.0 Å². The lowest BCUT2D eigenvalue weighted by atomic mass is 10.1. The number of primary amides is 1. The number of esters is 1. The molecule has 2 atom stereocenters. The van der Waals surface area contributed by atoms with Crippen LogP contribution in [0.3, 0.4) is 0 Å². The highest BCUT2D eigenvalue weighted by molar-refractivity contribution is 7.98. The zero-order valence-electron chi connectivity index (χ0n) is 15.2. The van der Waals surface area contributed by atoms with Crippen LogP contribution in [0.25, 0.3) is 0 Å². The third kappa shape index (κ3) is 7.99. The number of amides is 5. The molecule has 0 radical (unpaired) electrons. The summed E-state index contributed by atoms with van der Waals surface area (Å²) in [6.07, 6.45) is 0.773. The molecule has 0 bridgehead atoms. The molecule has 0 saturated carbocycles. The van der Waals surface area contributed by atoms with Gasteiger partial charge in [-0.1, -0.05) is 30.3 Å². The van der Waals surface area contributed by atoms with Crippen LogP contribution < -0.4 is 21.7 Å². The molecule has 0 saturated heterocycles. The summed E-state index contributed by atoms with van der Waals surface area (Å²) in [5, 5.41) is 6.86. The monoisotopic (exact) mass is 396 g/mol. The number of ether oxygens (including phenoxy) is 1. The Morgan fingerprint density at radius 2 is 1.85 bits per heavy atom. The van der Waals surface area contributed by atoms with Crippen molar-refractivity contribution in [2.75, 3.05) is 18.6 Å². The Balaban J connectivity index is 2.97. The minimum atomic E-state index is -1.35. The SMILES string of the molecule is CCNC(=O)NC(=O)[C@H](OC(=O)[C@H](CCSC)NC(N)=O)c1ccccc1. The van der Waals surface area contributed by atoms with Gasteiger partial charge in [-0.25, -0.2) is 14.4 Å². The summed E-state index contributed by atoms with van der Waals surface area (Å²) in [7, 11) is 0. The normalized spacial score (nSPS) is 12.4. The number of hydrogen-bond acceptors (Lipinski definition) is 6. The van der Waals surface area contributed by atoms with E-state index in [4.69, 9.17) is 10.5 Å². The quantitative estimate of drug-likeness (QED) is 0.457. The topological polar surface area (TPSA) is 140 Å². The maximum Gasteiger partial charge on any atom is 0.329 e. The van der Waals surface area contributed by atoms with E-state index in [0.29, 0.717) is 17.9 Å². The highest BCUT2D eigenvalue weighted by atomic mass is 32.2. The number of thioether (sulfide) groups is 1. The Hall–Kier alpha value is -2.75. The van der Waals surface area contributed by atoms with Gasteiger partial charge in [0.15, 0.2) is 0 Å². The van der Waals surface area contributed by atoms with Crippen LogP contribution in [-0.4, -0.2) is 48.5 Å². The number of nitrogens with one attached hydrogen (secondary N) is 3. The van der Waals surface area contributed by atoms with Gasteiger partial charge < -0.3 is 21.1 Å². The molecule has 27 heavy (non-hydrogen) atoms. The van der Waals surface area contributed by atoms with Gasteiger partial charge in [0.25, 0.3) is 5.91 Å². The van der Waals surface area contributed by atoms with Crippen LogP contribution in [0.4, 0.5) is 9.59 Å². The zero-order chi connectivity index (χ0) is 20.2. The third-order valence-electron chi connectivity index (χ3n) is 3.36. The van der Waals surface area contributed by atoms with Gasteiger partial charge in [-0.15, -0.1) is 0 Å². The van der Waals surface area contributed by atoms with Crippen molar-refractivity contribution >= 4 is 35.7 Å². The zero-order valence-corrected chi connectivity index (χ0v) is 16.0. The molecule has 0 aromatic heterocycles. The van der Waals surface area contributed by atoms with E-state index < -0.39 is 36.1 Å². The van der Waals surface area contributed by atoms with Crippen molar-refractivity contribution < 1.29 is 23.9 Å². The lowest BCUT2D eigenvalue weighted by Gasteiger charge is -2.21. The smallest absolute Gasteiger partial charge is 0.329 e. The fraction of sp³-hybridized carbons (Fsp3) is 0.412. The second-order valence-corrected chi connectivity index (χ2v) is 6.40. The molecule has 148 valence electrons. The lowest BCUT2D eigenvalue weighted by Crippen LogP contribution is -2.47. The molecule has 0 unspecified atom stereocenters. The second kappa shape index (κ2) is 11.8. The van der Waals surface area contributed by atoms with E-state index in [9.17, 15) is 19.2 Å². The van der Waals surface area contributed by atoms with Gasteiger partial charge in [0, 0.05) is 12.1 Å². The van der Waals surface area contributed by atoms with E-state index in [1.165, 1.54) is 11.8 Å². The van der Waals surface area contributed by atoms with Crippen molar-refractivity contribution in [3.63, 3.8) is 0 Å². The molecule has 1 rings (SSSR count). The second-order valence-electron chi connectivity index (χ2n) is 5.42. The molecule has 5 N–H and O–H groups in total. The molecular weight excluding hydrogens is 372 g/mol. The largest absolute Gasteiger partial charge is 0.446 e. The predicted molar refractivity (Wildman–Crippen MR) is 102 cm³/mol. The van der Waals surface area contributed by atoms with E-state index >= 15 is 0 Å². The van der Waals surface area contributed by atoms with E-state index in [1.807, 2.05) is 6.26 Å². The molecule has 1 aromatic rings. The molecule has 0 fully saturated rings. The fourth-order valence-corrected chi connectivity index (χ4v) is 2.61. The molecule has 9 nitrogen and oxygen atoms in total. The molecule has 10 heteroatoms. The van der Waals surface area contributed by atoms with Crippen LogP contribution in [0.2, 0.25) is 0 Å². The van der Waals surface area contributed by atoms with E-state index in [0.717, 1.165) is 0 Å². The molecule has 0 aliphatic rings. The number of urea groups is 2. The Labute approximate surface area is 161 Å². The first-order valence-corrected chi connectivity index (χ1v) is 9.67. The average Bonchev–Trinajstić information content (AvgIpc) is 2.63. The molecule has 1 aromatic carbocycles. The van der Waals surface area contributed by atoms with Crippen molar-refractivity contribution in [3.05, 3.63) is 35.9 Å². The van der Waals surface area contributed by atoms with Crippen LogP contribution in [0.5, 0.6) is 0 Å². The highest BCUT2D eigenvalue weighted by Crippen LogP contribution is 2.19. The number of benzene rings is 1. The maximum atomic E-state index is 12.5. The summed E-state index contributed by atoms with van der Waals surface area (Å²) in [6.45, 7) is 2.03. The van der Waals surface area contributed by atoms with Crippen molar-refractivity contribution in [1.29, 1.82) is 0 Å². The minimum Gasteiger partial charge on any atom is -0.446 e. The van der Waals surface area contributed by atoms with E-state index in [-0.39, 0.29) is 6.42 Å². The average molecular weight is 396 g/mol. The first-order valence-electron chi connectivity index (χ1n) is 8.28. The van der Waals surface area contributed by atoms with Gasteiger partial charge in [0.1, 0.15) is 6.04 Å². The Morgan fingerprint density at radius 3 is 2.41 bits per heavy atom.